The number of nitrogens with zero attached hydrogens (tertiary/aromatic N) is 2. The molecule has 33 heavy (non-hydrogen) atoms. The van der Waals surface area contributed by atoms with E-state index >= 15 is 0 Å². The fourth-order valence-electron chi connectivity index (χ4n) is 4.77. The van der Waals surface area contributed by atoms with Gasteiger partial charge in [-0.25, -0.2) is 4.39 Å². The molecule has 2 aromatic rings. The van der Waals surface area contributed by atoms with Crippen molar-refractivity contribution in [3.8, 4) is 0 Å². The number of carbonyl (C=O) groups excluding carboxylic acids is 3. The molecule has 0 aliphatic carbocycles. The highest BCUT2D eigenvalue weighted by Crippen LogP contribution is 2.25. The van der Waals surface area contributed by atoms with E-state index < -0.39 is 6.04 Å². The fourth-order valence-corrected chi connectivity index (χ4v) is 4.77. The number of nitrogens with one attached hydrogen (secondary N) is 1. The summed E-state index contributed by atoms with van der Waals surface area (Å²) in [4.78, 5) is 42.8. The Morgan fingerprint density at radius 2 is 1.55 bits per heavy atom. The molecule has 2 heterocycles. The van der Waals surface area contributed by atoms with E-state index in [9.17, 15) is 18.8 Å². The lowest BCUT2D eigenvalue weighted by Crippen LogP contribution is -2.54. The number of hydrogen-bond donors (Lipinski definition) is 1. The fraction of sp³-hybridized carbons (Fsp3) is 0.423. The highest BCUT2D eigenvalue weighted by Gasteiger charge is 2.37. The third-order valence-electron chi connectivity index (χ3n) is 6.75. The number of halogens is 1. The zero-order chi connectivity index (χ0) is 23.4. The first-order valence-electron chi connectivity index (χ1n) is 11.6. The van der Waals surface area contributed by atoms with Crippen LogP contribution in [0.1, 0.15) is 52.0 Å². The summed E-state index contributed by atoms with van der Waals surface area (Å²) >= 11 is 0. The second-order valence-corrected chi connectivity index (χ2v) is 8.93. The summed E-state index contributed by atoms with van der Waals surface area (Å²) in [6, 6.07) is 12.3. The monoisotopic (exact) mass is 451 g/mol. The molecule has 174 valence electrons. The van der Waals surface area contributed by atoms with Crippen molar-refractivity contribution in [1.82, 2.24) is 15.1 Å². The summed E-state index contributed by atoms with van der Waals surface area (Å²) in [6.45, 7) is 4.30. The van der Waals surface area contributed by atoms with E-state index in [1.54, 1.807) is 11.0 Å². The van der Waals surface area contributed by atoms with Crippen molar-refractivity contribution in [1.29, 1.82) is 0 Å². The van der Waals surface area contributed by atoms with Crippen LogP contribution in [0.2, 0.25) is 0 Å². The minimum Gasteiger partial charge on any atom is -0.341 e. The Morgan fingerprint density at radius 1 is 0.909 bits per heavy atom. The Balaban J connectivity index is 1.46. The molecule has 2 aromatic carbocycles. The summed E-state index contributed by atoms with van der Waals surface area (Å²) in [6.07, 6.45) is 3.19. The van der Waals surface area contributed by atoms with Crippen molar-refractivity contribution < 1.29 is 18.8 Å². The molecule has 0 spiro atoms. The Bertz CT molecular complexity index is 1010. The van der Waals surface area contributed by atoms with Crippen molar-refractivity contribution in [2.45, 2.75) is 38.6 Å². The summed E-state index contributed by atoms with van der Waals surface area (Å²) < 4.78 is 13.2. The molecule has 0 saturated carbocycles. The molecule has 2 saturated heterocycles. The zero-order valence-electron chi connectivity index (χ0n) is 18.9. The second-order valence-electron chi connectivity index (χ2n) is 8.93. The predicted molar refractivity (Wildman–Crippen MR) is 123 cm³/mol. The van der Waals surface area contributed by atoms with Gasteiger partial charge in [-0.05, 0) is 74.4 Å². The van der Waals surface area contributed by atoms with Crippen LogP contribution in [0.25, 0.3) is 0 Å². The molecule has 1 N–H and O–H groups in total. The van der Waals surface area contributed by atoms with Gasteiger partial charge < -0.3 is 15.1 Å². The second kappa shape index (κ2) is 10.1. The molecule has 6 nitrogen and oxygen atoms in total. The number of likely N-dealkylation sites (tertiary alicyclic amines) is 2. The van der Waals surface area contributed by atoms with Gasteiger partial charge in [0.05, 0.1) is 0 Å². The van der Waals surface area contributed by atoms with Gasteiger partial charge in [0.1, 0.15) is 11.9 Å². The van der Waals surface area contributed by atoms with Crippen molar-refractivity contribution in [3.05, 3.63) is 71.0 Å². The summed E-state index contributed by atoms with van der Waals surface area (Å²) in [7, 11) is 0. The zero-order valence-corrected chi connectivity index (χ0v) is 18.9. The van der Waals surface area contributed by atoms with Crippen LogP contribution >= 0.6 is 0 Å². The van der Waals surface area contributed by atoms with Crippen molar-refractivity contribution in [2.75, 3.05) is 26.2 Å². The van der Waals surface area contributed by atoms with Gasteiger partial charge in [-0.2, -0.15) is 0 Å². The average molecular weight is 452 g/mol. The summed E-state index contributed by atoms with van der Waals surface area (Å²) in [5.74, 6) is -0.839. The average Bonchev–Trinajstić information content (AvgIpc) is 3.38. The Kier molecular flexibility index (Phi) is 7.06. The molecule has 2 aliphatic rings. The number of carbonyl (C=O) groups is 3. The van der Waals surface area contributed by atoms with Crippen LogP contribution in [0.5, 0.6) is 0 Å². The van der Waals surface area contributed by atoms with Gasteiger partial charge in [0, 0.05) is 37.3 Å². The molecule has 0 bridgehead atoms. The number of hydrogen-bond acceptors (Lipinski definition) is 3. The lowest BCUT2D eigenvalue weighted by Gasteiger charge is -2.37. The third-order valence-corrected chi connectivity index (χ3v) is 6.75. The van der Waals surface area contributed by atoms with Crippen molar-refractivity contribution >= 4 is 17.7 Å². The van der Waals surface area contributed by atoms with Crippen LogP contribution < -0.4 is 5.32 Å². The molecule has 3 amide bonds. The van der Waals surface area contributed by atoms with E-state index in [0.717, 1.165) is 31.5 Å². The molecular formula is C26H30FN3O3. The lowest BCUT2D eigenvalue weighted by atomic mass is 9.87. The Hall–Kier alpha value is -3.22. The number of amides is 3. The topological polar surface area (TPSA) is 69.7 Å². The molecule has 7 heteroatoms. The molecule has 0 radical (unpaired) electrons. The van der Waals surface area contributed by atoms with E-state index in [1.165, 1.54) is 24.3 Å². The summed E-state index contributed by atoms with van der Waals surface area (Å²) in [5.41, 5.74) is 1.88. The normalized spacial score (nSPS) is 17.6. The molecule has 2 fully saturated rings. The third kappa shape index (κ3) is 5.24. The van der Waals surface area contributed by atoms with Gasteiger partial charge >= 0.3 is 0 Å². The number of aryl methyl sites for hydroxylation is 1. The van der Waals surface area contributed by atoms with Gasteiger partial charge in [0.15, 0.2) is 0 Å². The standard InChI is InChI=1S/C26H30FN3O3/c1-18-6-2-3-7-22(18)24(31)28-23(26(33)29-14-4-5-15-29)19-12-16-30(17-13-19)25(32)20-8-10-21(27)11-9-20/h2-3,6-11,19,23H,4-5,12-17H2,1H3,(H,28,31)/t23-/m0/s1. The van der Waals surface area contributed by atoms with Crippen LogP contribution in [0.15, 0.2) is 48.5 Å². The minimum absolute atomic E-state index is 0.0299. The lowest BCUT2D eigenvalue weighted by molar-refractivity contribution is -0.134. The predicted octanol–water partition coefficient (Wildman–Crippen LogP) is 3.41. The molecular weight excluding hydrogens is 421 g/mol. The number of piperidine rings is 1. The summed E-state index contributed by atoms with van der Waals surface area (Å²) in [5, 5.41) is 3.03. The van der Waals surface area contributed by atoms with Gasteiger partial charge in [0.2, 0.25) is 5.91 Å². The first kappa shape index (κ1) is 23.0. The van der Waals surface area contributed by atoms with E-state index in [0.29, 0.717) is 37.1 Å². The first-order chi connectivity index (χ1) is 15.9. The Labute approximate surface area is 193 Å². The van der Waals surface area contributed by atoms with Gasteiger partial charge in [-0.1, -0.05) is 18.2 Å². The van der Waals surface area contributed by atoms with Crippen LogP contribution in [0, 0.1) is 18.7 Å². The van der Waals surface area contributed by atoms with Gasteiger partial charge in [-0.3, -0.25) is 14.4 Å². The molecule has 0 unspecified atom stereocenters. The van der Waals surface area contributed by atoms with Gasteiger partial charge in [0.25, 0.3) is 11.8 Å². The van der Waals surface area contributed by atoms with E-state index in [4.69, 9.17) is 0 Å². The molecule has 1 atom stereocenters. The molecule has 4 rings (SSSR count). The van der Waals surface area contributed by atoms with Crippen LogP contribution in [-0.4, -0.2) is 59.7 Å². The molecule has 2 aliphatic heterocycles. The maximum absolute atomic E-state index is 13.4. The largest absolute Gasteiger partial charge is 0.341 e. The first-order valence-corrected chi connectivity index (χ1v) is 11.6. The van der Waals surface area contributed by atoms with Crippen LogP contribution in [0.3, 0.4) is 0 Å². The maximum Gasteiger partial charge on any atom is 0.253 e. The highest BCUT2D eigenvalue weighted by atomic mass is 19.1. The van der Waals surface area contributed by atoms with Crippen molar-refractivity contribution in [3.63, 3.8) is 0 Å². The quantitative estimate of drug-likeness (QED) is 0.758. The highest BCUT2D eigenvalue weighted by molar-refractivity contribution is 5.99. The van der Waals surface area contributed by atoms with Crippen LogP contribution in [0.4, 0.5) is 4.39 Å². The minimum atomic E-state index is -0.613. The van der Waals surface area contributed by atoms with Crippen molar-refractivity contribution in [2.24, 2.45) is 5.92 Å². The molecule has 0 aromatic heterocycles. The van der Waals surface area contributed by atoms with E-state index in [2.05, 4.69) is 5.32 Å². The van der Waals surface area contributed by atoms with E-state index in [-0.39, 0.29) is 29.5 Å². The SMILES string of the molecule is Cc1ccccc1C(=O)N[C@H](C(=O)N1CCCC1)C1CCN(C(=O)c2ccc(F)cc2)CC1. The Morgan fingerprint density at radius 3 is 2.18 bits per heavy atom. The maximum atomic E-state index is 13.4. The van der Waals surface area contributed by atoms with Gasteiger partial charge in [-0.15, -0.1) is 0 Å². The van der Waals surface area contributed by atoms with Crippen LogP contribution in [-0.2, 0) is 4.79 Å². The smallest absolute Gasteiger partial charge is 0.253 e. The van der Waals surface area contributed by atoms with E-state index in [1.807, 2.05) is 30.0 Å². The number of rotatable bonds is 5. The number of benzene rings is 2.